The molecule has 1 unspecified atom stereocenters. The Morgan fingerprint density at radius 3 is 2.31 bits per heavy atom. The predicted molar refractivity (Wildman–Crippen MR) is 65.7 cm³/mol. The molecule has 1 N–H and O–H groups in total. The molecule has 0 aromatic carbocycles. The van der Waals surface area contributed by atoms with Crippen molar-refractivity contribution in [2.45, 2.75) is 39.7 Å². The van der Waals surface area contributed by atoms with Crippen LogP contribution in [0, 0.1) is 5.92 Å². The molecule has 0 bridgehead atoms. The molecule has 0 fully saturated rings. The molecule has 1 rings (SSSR count). The lowest BCUT2D eigenvalue weighted by molar-refractivity contribution is 0.411. The van der Waals surface area contributed by atoms with Gasteiger partial charge in [-0.1, -0.05) is 13.8 Å². The molecule has 0 aliphatic heterocycles. The second-order valence-electron chi connectivity index (χ2n) is 4.46. The molecule has 4 nitrogen and oxygen atoms in total. The Hall–Kier alpha value is -1.32. The zero-order chi connectivity index (χ0) is 12.0. The van der Waals surface area contributed by atoms with Crippen LogP contribution >= 0.6 is 0 Å². The molecule has 1 aromatic heterocycles. The van der Waals surface area contributed by atoms with E-state index in [4.69, 9.17) is 4.74 Å². The molecule has 1 aromatic rings. The van der Waals surface area contributed by atoms with Gasteiger partial charge in [0.05, 0.1) is 19.5 Å². The first-order valence-corrected chi connectivity index (χ1v) is 5.74. The van der Waals surface area contributed by atoms with E-state index in [0.717, 1.165) is 12.3 Å². The molecule has 1 atom stereocenters. The van der Waals surface area contributed by atoms with Gasteiger partial charge in [-0.05, 0) is 25.7 Å². The molecular weight excluding hydrogens is 202 g/mol. The van der Waals surface area contributed by atoms with E-state index in [2.05, 4.69) is 36.1 Å². The van der Waals surface area contributed by atoms with Crippen molar-refractivity contribution in [1.82, 2.24) is 9.97 Å². The number of rotatable bonds is 6. The van der Waals surface area contributed by atoms with Crippen molar-refractivity contribution in [3.05, 3.63) is 12.4 Å². The highest BCUT2D eigenvalue weighted by molar-refractivity contribution is 5.27. The fourth-order valence-electron chi connectivity index (χ4n) is 1.37. The Balaban J connectivity index is 2.40. The summed E-state index contributed by atoms with van der Waals surface area (Å²) in [7, 11) is 1.61. The standard InChI is InChI=1S/C12H21N3O/c1-9(2)5-6-10(3)15-12-13-7-11(16-4)8-14-12/h7-10H,5-6H2,1-4H3,(H,13,14,15). The third-order valence-corrected chi connectivity index (χ3v) is 2.42. The van der Waals surface area contributed by atoms with Crippen LogP contribution in [0.15, 0.2) is 12.4 Å². The number of hydrogen-bond acceptors (Lipinski definition) is 4. The third-order valence-electron chi connectivity index (χ3n) is 2.42. The van der Waals surface area contributed by atoms with Gasteiger partial charge in [0.2, 0.25) is 5.95 Å². The predicted octanol–water partition coefficient (Wildman–Crippen LogP) is 2.72. The Labute approximate surface area is 97.5 Å². The van der Waals surface area contributed by atoms with Gasteiger partial charge in [0, 0.05) is 6.04 Å². The van der Waals surface area contributed by atoms with Crippen LogP contribution in [-0.2, 0) is 0 Å². The maximum atomic E-state index is 5.00. The molecular formula is C12H21N3O. The first-order valence-electron chi connectivity index (χ1n) is 5.74. The van der Waals surface area contributed by atoms with Gasteiger partial charge in [0.15, 0.2) is 5.75 Å². The summed E-state index contributed by atoms with van der Waals surface area (Å²) in [4.78, 5) is 8.34. The summed E-state index contributed by atoms with van der Waals surface area (Å²) in [6, 6.07) is 0.399. The highest BCUT2D eigenvalue weighted by Gasteiger charge is 2.05. The van der Waals surface area contributed by atoms with E-state index in [0.29, 0.717) is 17.7 Å². The minimum Gasteiger partial charge on any atom is -0.494 e. The number of nitrogens with one attached hydrogen (secondary N) is 1. The van der Waals surface area contributed by atoms with Gasteiger partial charge in [-0.3, -0.25) is 0 Å². The van der Waals surface area contributed by atoms with Gasteiger partial charge in [0.1, 0.15) is 0 Å². The molecule has 4 heteroatoms. The summed E-state index contributed by atoms with van der Waals surface area (Å²) in [6.07, 6.45) is 5.69. The van der Waals surface area contributed by atoms with Crippen molar-refractivity contribution in [2.75, 3.05) is 12.4 Å². The average Bonchev–Trinajstić information content (AvgIpc) is 2.27. The van der Waals surface area contributed by atoms with Crippen molar-refractivity contribution < 1.29 is 4.74 Å². The van der Waals surface area contributed by atoms with Crippen LogP contribution in [-0.4, -0.2) is 23.1 Å². The van der Waals surface area contributed by atoms with Gasteiger partial charge < -0.3 is 10.1 Å². The summed E-state index contributed by atoms with van der Waals surface area (Å²) in [5.41, 5.74) is 0. The number of nitrogens with zero attached hydrogens (tertiary/aromatic N) is 2. The van der Waals surface area contributed by atoms with Crippen molar-refractivity contribution in [3.8, 4) is 5.75 Å². The molecule has 0 saturated heterocycles. The Bertz CT molecular complexity index is 298. The minimum atomic E-state index is 0.399. The van der Waals surface area contributed by atoms with Gasteiger partial charge in [0.25, 0.3) is 0 Å². The van der Waals surface area contributed by atoms with Crippen molar-refractivity contribution >= 4 is 5.95 Å². The summed E-state index contributed by atoms with van der Waals surface area (Å²) in [5.74, 6) is 2.08. The van der Waals surface area contributed by atoms with Crippen LogP contribution in [0.4, 0.5) is 5.95 Å². The highest BCUT2D eigenvalue weighted by atomic mass is 16.5. The van der Waals surface area contributed by atoms with E-state index in [1.807, 2.05) is 0 Å². The van der Waals surface area contributed by atoms with Crippen molar-refractivity contribution in [3.63, 3.8) is 0 Å². The first kappa shape index (κ1) is 12.7. The lowest BCUT2D eigenvalue weighted by Gasteiger charge is -2.14. The van der Waals surface area contributed by atoms with Gasteiger partial charge in [-0.2, -0.15) is 0 Å². The molecule has 1 heterocycles. The first-order chi connectivity index (χ1) is 7.61. The summed E-state index contributed by atoms with van der Waals surface area (Å²) < 4.78 is 5.00. The van der Waals surface area contributed by atoms with Crippen LogP contribution in [0.5, 0.6) is 5.75 Å². The summed E-state index contributed by atoms with van der Waals surface area (Å²) >= 11 is 0. The van der Waals surface area contributed by atoms with Gasteiger partial charge in [-0.15, -0.1) is 0 Å². The molecule has 0 radical (unpaired) electrons. The summed E-state index contributed by atoms with van der Waals surface area (Å²) in [6.45, 7) is 6.61. The number of ether oxygens (including phenoxy) is 1. The van der Waals surface area contributed by atoms with Crippen LogP contribution in [0.25, 0.3) is 0 Å². The fraction of sp³-hybridized carbons (Fsp3) is 0.667. The monoisotopic (exact) mass is 223 g/mol. The number of methoxy groups -OCH3 is 1. The topological polar surface area (TPSA) is 47.0 Å². The maximum absolute atomic E-state index is 5.00. The normalized spacial score (nSPS) is 12.6. The Kier molecular flexibility index (Phi) is 5.02. The zero-order valence-corrected chi connectivity index (χ0v) is 10.5. The van der Waals surface area contributed by atoms with E-state index >= 15 is 0 Å². The van der Waals surface area contributed by atoms with Crippen LogP contribution in [0.2, 0.25) is 0 Å². The van der Waals surface area contributed by atoms with Crippen molar-refractivity contribution in [2.24, 2.45) is 5.92 Å². The largest absolute Gasteiger partial charge is 0.494 e. The average molecular weight is 223 g/mol. The Morgan fingerprint density at radius 1 is 1.19 bits per heavy atom. The third kappa shape index (κ3) is 4.47. The van der Waals surface area contributed by atoms with Crippen LogP contribution in [0.1, 0.15) is 33.6 Å². The van der Waals surface area contributed by atoms with E-state index < -0.39 is 0 Å². The Morgan fingerprint density at radius 2 is 1.81 bits per heavy atom. The zero-order valence-electron chi connectivity index (χ0n) is 10.5. The SMILES string of the molecule is COc1cnc(NC(C)CCC(C)C)nc1. The molecule has 16 heavy (non-hydrogen) atoms. The lowest BCUT2D eigenvalue weighted by Crippen LogP contribution is -2.17. The van der Waals surface area contributed by atoms with E-state index in [1.165, 1.54) is 6.42 Å². The van der Waals surface area contributed by atoms with E-state index in [-0.39, 0.29) is 0 Å². The minimum absolute atomic E-state index is 0.399. The van der Waals surface area contributed by atoms with Gasteiger partial charge in [-0.25, -0.2) is 9.97 Å². The quantitative estimate of drug-likeness (QED) is 0.805. The van der Waals surface area contributed by atoms with E-state index in [1.54, 1.807) is 19.5 Å². The molecule has 0 aliphatic carbocycles. The smallest absolute Gasteiger partial charge is 0.223 e. The van der Waals surface area contributed by atoms with Crippen LogP contribution < -0.4 is 10.1 Å². The second kappa shape index (κ2) is 6.30. The highest BCUT2D eigenvalue weighted by Crippen LogP contribution is 2.11. The molecule has 0 saturated carbocycles. The molecule has 0 aliphatic rings. The molecule has 0 spiro atoms. The van der Waals surface area contributed by atoms with Crippen molar-refractivity contribution in [1.29, 1.82) is 0 Å². The summed E-state index contributed by atoms with van der Waals surface area (Å²) in [5, 5.41) is 3.27. The number of hydrogen-bond donors (Lipinski definition) is 1. The maximum Gasteiger partial charge on any atom is 0.223 e. The number of anilines is 1. The number of aromatic nitrogens is 2. The molecule has 0 amide bonds. The molecule has 90 valence electrons. The second-order valence-corrected chi connectivity index (χ2v) is 4.46. The lowest BCUT2D eigenvalue weighted by atomic mass is 10.0. The fourth-order valence-corrected chi connectivity index (χ4v) is 1.37. The van der Waals surface area contributed by atoms with Crippen LogP contribution in [0.3, 0.4) is 0 Å². The van der Waals surface area contributed by atoms with Gasteiger partial charge >= 0.3 is 0 Å². The van der Waals surface area contributed by atoms with E-state index in [9.17, 15) is 0 Å².